The number of anilines is 1. The van der Waals surface area contributed by atoms with E-state index in [2.05, 4.69) is 31.0 Å². The molecule has 0 unspecified atom stereocenters. The molecule has 1 aromatic carbocycles. The standard InChI is InChI=1S/C19H22N6O/c20-13-15-4-6-16(7-5-15)19-22-18(26-23-19)14-24-9-11-25(12-10-24)17-3-1-2-8-21-17/h1-8H,9-14,20H2. The zero-order valence-electron chi connectivity index (χ0n) is 14.6. The average molecular weight is 350 g/mol. The van der Waals surface area contributed by atoms with Crippen molar-refractivity contribution >= 4 is 5.82 Å². The Hall–Kier alpha value is -2.77. The van der Waals surface area contributed by atoms with E-state index in [0.717, 1.165) is 43.1 Å². The normalized spacial score (nSPS) is 15.3. The summed E-state index contributed by atoms with van der Waals surface area (Å²) in [5, 5.41) is 4.11. The lowest BCUT2D eigenvalue weighted by Gasteiger charge is -2.34. The first kappa shape index (κ1) is 16.7. The summed E-state index contributed by atoms with van der Waals surface area (Å²) in [4.78, 5) is 13.6. The Morgan fingerprint density at radius 2 is 1.81 bits per heavy atom. The van der Waals surface area contributed by atoms with Crippen LogP contribution in [0.5, 0.6) is 0 Å². The number of benzene rings is 1. The van der Waals surface area contributed by atoms with Crippen LogP contribution in [-0.2, 0) is 13.1 Å². The number of pyridine rings is 1. The number of rotatable bonds is 5. The third kappa shape index (κ3) is 3.74. The first-order valence-electron chi connectivity index (χ1n) is 8.82. The molecule has 3 aromatic rings. The zero-order chi connectivity index (χ0) is 17.8. The van der Waals surface area contributed by atoms with Gasteiger partial charge in [-0.15, -0.1) is 0 Å². The molecule has 2 aromatic heterocycles. The van der Waals surface area contributed by atoms with Gasteiger partial charge in [-0.3, -0.25) is 4.90 Å². The van der Waals surface area contributed by atoms with Crippen LogP contribution in [0.15, 0.2) is 53.2 Å². The van der Waals surface area contributed by atoms with Gasteiger partial charge in [0.1, 0.15) is 5.82 Å². The highest BCUT2D eigenvalue weighted by molar-refractivity contribution is 5.54. The highest BCUT2D eigenvalue weighted by atomic mass is 16.5. The van der Waals surface area contributed by atoms with Crippen LogP contribution in [0.2, 0.25) is 0 Å². The van der Waals surface area contributed by atoms with E-state index < -0.39 is 0 Å². The molecule has 26 heavy (non-hydrogen) atoms. The maximum atomic E-state index is 5.63. The first-order chi connectivity index (χ1) is 12.8. The van der Waals surface area contributed by atoms with Crippen LogP contribution in [0.4, 0.5) is 5.82 Å². The lowest BCUT2D eigenvalue weighted by atomic mass is 10.1. The minimum absolute atomic E-state index is 0.530. The summed E-state index contributed by atoms with van der Waals surface area (Å²) in [6, 6.07) is 13.9. The summed E-state index contributed by atoms with van der Waals surface area (Å²) in [5.41, 5.74) is 7.66. The topological polar surface area (TPSA) is 84.3 Å². The number of hydrogen-bond donors (Lipinski definition) is 1. The van der Waals surface area contributed by atoms with Crippen LogP contribution in [0.25, 0.3) is 11.4 Å². The molecule has 0 spiro atoms. The Balaban J connectivity index is 1.35. The van der Waals surface area contributed by atoms with Gasteiger partial charge in [-0.2, -0.15) is 4.98 Å². The van der Waals surface area contributed by atoms with Crippen molar-refractivity contribution in [2.24, 2.45) is 5.73 Å². The van der Waals surface area contributed by atoms with Gasteiger partial charge in [-0.1, -0.05) is 35.5 Å². The molecule has 134 valence electrons. The summed E-state index contributed by atoms with van der Waals surface area (Å²) in [6.45, 7) is 4.97. The zero-order valence-corrected chi connectivity index (χ0v) is 14.6. The Kier molecular flexibility index (Phi) is 4.90. The van der Waals surface area contributed by atoms with E-state index in [1.54, 1.807) is 0 Å². The van der Waals surface area contributed by atoms with Crippen molar-refractivity contribution in [3.63, 3.8) is 0 Å². The predicted molar refractivity (Wildman–Crippen MR) is 99.4 cm³/mol. The molecule has 0 aliphatic carbocycles. The fourth-order valence-electron chi connectivity index (χ4n) is 3.09. The van der Waals surface area contributed by atoms with Crippen LogP contribution >= 0.6 is 0 Å². The summed E-state index contributed by atoms with van der Waals surface area (Å²) in [5.74, 6) is 2.30. The predicted octanol–water partition coefficient (Wildman–Crippen LogP) is 1.91. The van der Waals surface area contributed by atoms with E-state index >= 15 is 0 Å². The van der Waals surface area contributed by atoms with Crippen molar-refractivity contribution in [3.8, 4) is 11.4 Å². The lowest BCUT2D eigenvalue weighted by molar-refractivity contribution is 0.215. The van der Waals surface area contributed by atoms with Gasteiger partial charge < -0.3 is 15.2 Å². The Morgan fingerprint density at radius 3 is 2.50 bits per heavy atom. The molecule has 0 bridgehead atoms. The summed E-state index contributed by atoms with van der Waals surface area (Å²) < 4.78 is 5.44. The van der Waals surface area contributed by atoms with Crippen LogP contribution in [0, 0.1) is 0 Å². The van der Waals surface area contributed by atoms with E-state index in [9.17, 15) is 0 Å². The van der Waals surface area contributed by atoms with Gasteiger partial charge in [0.25, 0.3) is 0 Å². The molecule has 7 nitrogen and oxygen atoms in total. The molecule has 0 amide bonds. The van der Waals surface area contributed by atoms with Gasteiger partial charge in [0.2, 0.25) is 11.7 Å². The number of nitrogens with zero attached hydrogens (tertiary/aromatic N) is 5. The van der Waals surface area contributed by atoms with Gasteiger partial charge in [0.15, 0.2) is 0 Å². The second kappa shape index (κ2) is 7.63. The molecular formula is C19H22N6O. The van der Waals surface area contributed by atoms with Crippen molar-refractivity contribution in [1.29, 1.82) is 0 Å². The average Bonchev–Trinajstić information content (AvgIpc) is 3.18. The van der Waals surface area contributed by atoms with Gasteiger partial charge in [-0.05, 0) is 17.7 Å². The second-order valence-electron chi connectivity index (χ2n) is 6.36. The molecule has 3 heterocycles. The number of hydrogen-bond acceptors (Lipinski definition) is 7. The maximum absolute atomic E-state index is 5.63. The van der Waals surface area contributed by atoms with Crippen molar-refractivity contribution in [1.82, 2.24) is 20.0 Å². The minimum atomic E-state index is 0.530. The molecular weight excluding hydrogens is 328 g/mol. The first-order valence-corrected chi connectivity index (χ1v) is 8.82. The van der Waals surface area contributed by atoms with E-state index in [4.69, 9.17) is 10.3 Å². The Bertz CT molecular complexity index is 825. The molecule has 0 radical (unpaired) electrons. The van der Waals surface area contributed by atoms with Gasteiger partial charge in [0.05, 0.1) is 6.54 Å². The molecule has 4 rings (SSSR count). The Labute approximate surface area is 152 Å². The second-order valence-corrected chi connectivity index (χ2v) is 6.36. The molecule has 1 saturated heterocycles. The number of piperazine rings is 1. The van der Waals surface area contributed by atoms with E-state index in [-0.39, 0.29) is 0 Å². The summed E-state index contributed by atoms with van der Waals surface area (Å²) in [6.07, 6.45) is 1.84. The molecule has 7 heteroatoms. The monoisotopic (exact) mass is 350 g/mol. The number of nitrogens with two attached hydrogens (primary N) is 1. The van der Waals surface area contributed by atoms with Crippen molar-refractivity contribution in [2.75, 3.05) is 31.1 Å². The van der Waals surface area contributed by atoms with Crippen molar-refractivity contribution in [2.45, 2.75) is 13.1 Å². The smallest absolute Gasteiger partial charge is 0.241 e. The molecule has 0 atom stereocenters. The third-order valence-electron chi connectivity index (χ3n) is 4.62. The lowest BCUT2D eigenvalue weighted by Crippen LogP contribution is -2.46. The number of aromatic nitrogens is 3. The molecule has 1 aliphatic heterocycles. The fraction of sp³-hybridized carbons (Fsp3) is 0.316. The van der Waals surface area contributed by atoms with Gasteiger partial charge >= 0.3 is 0 Å². The SMILES string of the molecule is NCc1ccc(-c2noc(CN3CCN(c4ccccn4)CC3)n2)cc1. The van der Waals surface area contributed by atoms with Gasteiger partial charge in [0, 0.05) is 44.5 Å². The van der Waals surface area contributed by atoms with E-state index in [1.807, 2.05) is 42.6 Å². The fourth-order valence-corrected chi connectivity index (χ4v) is 3.09. The Morgan fingerprint density at radius 1 is 1.00 bits per heavy atom. The van der Waals surface area contributed by atoms with Crippen molar-refractivity contribution in [3.05, 3.63) is 60.1 Å². The van der Waals surface area contributed by atoms with Crippen LogP contribution in [0.3, 0.4) is 0 Å². The van der Waals surface area contributed by atoms with Crippen LogP contribution in [0.1, 0.15) is 11.5 Å². The highest BCUT2D eigenvalue weighted by Gasteiger charge is 2.20. The molecule has 0 saturated carbocycles. The minimum Gasteiger partial charge on any atom is -0.354 e. The maximum Gasteiger partial charge on any atom is 0.241 e. The van der Waals surface area contributed by atoms with E-state index in [0.29, 0.717) is 24.8 Å². The quantitative estimate of drug-likeness (QED) is 0.752. The van der Waals surface area contributed by atoms with E-state index in [1.165, 1.54) is 0 Å². The van der Waals surface area contributed by atoms with Crippen molar-refractivity contribution < 1.29 is 4.52 Å². The molecule has 2 N–H and O–H groups in total. The van der Waals surface area contributed by atoms with Gasteiger partial charge in [-0.25, -0.2) is 4.98 Å². The van der Waals surface area contributed by atoms with Crippen LogP contribution < -0.4 is 10.6 Å². The largest absolute Gasteiger partial charge is 0.354 e. The summed E-state index contributed by atoms with van der Waals surface area (Å²) in [7, 11) is 0. The summed E-state index contributed by atoms with van der Waals surface area (Å²) >= 11 is 0. The molecule has 1 fully saturated rings. The molecule has 1 aliphatic rings. The van der Waals surface area contributed by atoms with Crippen LogP contribution in [-0.4, -0.2) is 46.2 Å². The third-order valence-corrected chi connectivity index (χ3v) is 4.62. The highest BCUT2D eigenvalue weighted by Crippen LogP contribution is 2.18.